The highest BCUT2D eigenvalue weighted by atomic mass is 16.2. The van der Waals surface area contributed by atoms with Crippen molar-refractivity contribution in [1.82, 2.24) is 9.80 Å². The van der Waals surface area contributed by atoms with Crippen molar-refractivity contribution >= 4 is 29.1 Å². The fraction of sp³-hybridized carbons (Fsp3) is 0.526. The molecular weight excluding hydrogens is 332 g/mol. The van der Waals surface area contributed by atoms with Crippen molar-refractivity contribution < 1.29 is 14.4 Å². The van der Waals surface area contributed by atoms with Gasteiger partial charge in [0.1, 0.15) is 0 Å². The minimum Gasteiger partial charge on any atom is -0.342 e. The summed E-state index contributed by atoms with van der Waals surface area (Å²) in [4.78, 5) is 41.1. The van der Waals surface area contributed by atoms with Crippen LogP contribution < -0.4 is 10.2 Å². The summed E-state index contributed by atoms with van der Waals surface area (Å²) in [6.45, 7) is 7.81. The first kappa shape index (κ1) is 19.9. The number of hydrogen-bond acceptors (Lipinski definition) is 4. The van der Waals surface area contributed by atoms with Crippen molar-refractivity contribution in [2.24, 2.45) is 0 Å². The summed E-state index contributed by atoms with van der Waals surface area (Å²) in [6.07, 6.45) is 0.789. The SMILES string of the molecule is CCN(CC)C(=O)CN(C)CC(=O)Nc1ccc2c(c1)CCN2C(C)=O. The fourth-order valence-corrected chi connectivity index (χ4v) is 3.22. The number of hydrogen-bond donors (Lipinski definition) is 1. The quantitative estimate of drug-likeness (QED) is 0.796. The first-order valence-electron chi connectivity index (χ1n) is 9.02. The van der Waals surface area contributed by atoms with Crippen molar-refractivity contribution in [2.75, 3.05) is 50.0 Å². The van der Waals surface area contributed by atoms with Crippen LogP contribution in [0.1, 0.15) is 26.3 Å². The van der Waals surface area contributed by atoms with Crippen LogP contribution in [0.15, 0.2) is 18.2 Å². The predicted octanol–water partition coefficient (Wildman–Crippen LogP) is 1.33. The van der Waals surface area contributed by atoms with Gasteiger partial charge in [0.05, 0.1) is 13.1 Å². The number of amides is 3. The molecule has 1 heterocycles. The number of fused-ring (bicyclic) bond motifs is 1. The van der Waals surface area contributed by atoms with E-state index in [9.17, 15) is 14.4 Å². The Morgan fingerprint density at radius 3 is 2.46 bits per heavy atom. The molecule has 0 unspecified atom stereocenters. The lowest BCUT2D eigenvalue weighted by atomic mass is 10.1. The molecular formula is C19H28N4O3. The van der Waals surface area contributed by atoms with Gasteiger partial charge in [0.15, 0.2) is 0 Å². The van der Waals surface area contributed by atoms with Gasteiger partial charge in [-0.2, -0.15) is 0 Å². The maximum Gasteiger partial charge on any atom is 0.238 e. The van der Waals surface area contributed by atoms with Gasteiger partial charge in [0.2, 0.25) is 17.7 Å². The molecule has 0 spiro atoms. The minimum absolute atomic E-state index is 0.0205. The first-order chi connectivity index (χ1) is 12.3. The van der Waals surface area contributed by atoms with E-state index >= 15 is 0 Å². The van der Waals surface area contributed by atoms with E-state index in [0.29, 0.717) is 25.3 Å². The molecule has 1 aliphatic rings. The number of benzene rings is 1. The van der Waals surface area contributed by atoms with Crippen LogP contribution in [-0.2, 0) is 20.8 Å². The van der Waals surface area contributed by atoms with Crippen molar-refractivity contribution in [3.05, 3.63) is 23.8 Å². The van der Waals surface area contributed by atoms with Crippen LogP contribution in [0.3, 0.4) is 0 Å². The van der Waals surface area contributed by atoms with Gasteiger partial charge < -0.3 is 15.1 Å². The highest BCUT2D eigenvalue weighted by Crippen LogP contribution is 2.30. The Hall–Kier alpha value is -2.41. The minimum atomic E-state index is -0.166. The third-order valence-corrected chi connectivity index (χ3v) is 4.57. The van der Waals surface area contributed by atoms with Crippen molar-refractivity contribution in [3.8, 4) is 0 Å². The van der Waals surface area contributed by atoms with Crippen LogP contribution in [-0.4, -0.2) is 67.3 Å². The van der Waals surface area contributed by atoms with E-state index in [0.717, 1.165) is 17.7 Å². The Morgan fingerprint density at radius 2 is 1.85 bits per heavy atom. The van der Waals surface area contributed by atoms with Crippen LogP contribution >= 0.6 is 0 Å². The molecule has 0 fully saturated rings. The Morgan fingerprint density at radius 1 is 1.15 bits per heavy atom. The van der Waals surface area contributed by atoms with Gasteiger partial charge in [0.25, 0.3) is 0 Å². The van der Waals surface area contributed by atoms with Gasteiger partial charge in [-0.15, -0.1) is 0 Å². The Balaban J connectivity index is 1.90. The number of carbonyl (C=O) groups is 3. The third kappa shape index (κ3) is 4.82. The van der Waals surface area contributed by atoms with Crippen molar-refractivity contribution in [3.63, 3.8) is 0 Å². The molecule has 7 heteroatoms. The summed E-state index contributed by atoms with van der Waals surface area (Å²) in [7, 11) is 1.76. The molecule has 0 bridgehead atoms. The maximum absolute atomic E-state index is 12.2. The average Bonchev–Trinajstić information content (AvgIpc) is 2.98. The summed E-state index contributed by atoms with van der Waals surface area (Å²) in [5.41, 5.74) is 2.68. The second-order valence-electron chi connectivity index (χ2n) is 6.55. The van der Waals surface area contributed by atoms with E-state index < -0.39 is 0 Å². The second-order valence-corrected chi connectivity index (χ2v) is 6.55. The third-order valence-electron chi connectivity index (χ3n) is 4.57. The smallest absolute Gasteiger partial charge is 0.238 e. The van der Waals surface area contributed by atoms with E-state index in [4.69, 9.17) is 0 Å². The lowest BCUT2D eigenvalue weighted by molar-refractivity contribution is -0.132. The molecule has 0 saturated carbocycles. The molecule has 1 N–H and O–H groups in total. The maximum atomic E-state index is 12.2. The molecule has 0 radical (unpaired) electrons. The lowest BCUT2D eigenvalue weighted by Crippen LogP contribution is -2.41. The van der Waals surface area contributed by atoms with Crippen LogP contribution in [0.2, 0.25) is 0 Å². The summed E-state index contributed by atoms with van der Waals surface area (Å²) in [5.74, 6) is -0.117. The summed E-state index contributed by atoms with van der Waals surface area (Å²) >= 11 is 0. The molecule has 0 aliphatic carbocycles. The van der Waals surface area contributed by atoms with Gasteiger partial charge in [0, 0.05) is 37.9 Å². The highest BCUT2D eigenvalue weighted by Gasteiger charge is 2.22. The number of anilines is 2. The zero-order chi connectivity index (χ0) is 19.3. The van der Waals surface area contributed by atoms with E-state index in [1.807, 2.05) is 26.0 Å². The Kier molecular flexibility index (Phi) is 6.74. The molecule has 26 heavy (non-hydrogen) atoms. The molecule has 2 rings (SSSR count). The monoisotopic (exact) mass is 360 g/mol. The van der Waals surface area contributed by atoms with E-state index in [2.05, 4.69) is 5.32 Å². The highest BCUT2D eigenvalue weighted by molar-refractivity contribution is 5.96. The predicted molar refractivity (Wildman–Crippen MR) is 102 cm³/mol. The standard InChI is InChI=1S/C19H28N4O3/c1-5-22(6-2)19(26)13-21(4)12-18(25)20-16-7-8-17-15(11-16)9-10-23(17)14(3)24/h7-8,11H,5-6,9-10,12-13H2,1-4H3,(H,20,25). The fourth-order valence-electron chi connectivity index (χ4n) is 3.22. The molecule has 1 aromatic rings. The molecule has 3 amide bonds. The summed E-state index contributed by atoms with van der Waals surface area (Å²) < 4.78 is 0. The lowest BCUT2D eigenvalue weighted by Gasteiger charge is -2.22. The Labute approximate surface area is 154 Å². The average molecular weight is 360 g/mol. The first-order valence-corrected chi connectivity index (χ1v) is 9.02. The van der Waals surface area contributed by atoms with Crippen LogP contribution in [0.5, 0.6) is 0 Å². The summed E-state index contributed by atoms with van der Waals surface area (Å²) in [6, 6.07) is 5.59. The molecule has 0 aromatic heterocycles. The van der Waals surface area contributed by atoms with Crippen molar-refractivity contribution in [1.29, 1.82) is 0 Å². The number of rotatable bonds is 7. The zero-order valence-corrected chi connectivity index (χ0v) is 16.0. The van der Waals surface area contributed by atoms with Crippen molar-refractivity contribution in [2.45, 2.75) is 27.2 Å². The molecule has 7 nitrogen and oxygen atoms in total. The topological polar surface area (TPSA) is 73.0 Å². The van der Waals surface area contributed by atoms with Gasteiger partial charge in [-0.1, -0.05) is 0 Å². The van der Waals surface area contributed by atoms with Crippen LogP contribution in [0.4, 0.5) is 11.4 Å². The van der Waals surface area contributed by atoms with Gasteiger partial charge in [-0.3, -0.25) is 19.3 Å². The van der Waals surface area contributed by atoms with Gasteiger partial charge >= 0.3 is 0 Å². The van der Waals surface area contributed by atoms with Gasteiger partial charge in [-0.25, -0.2) is 0 Å². The molecule has 1 aliphatic heterocycles. The van der Waals surface area contributed by atoms with Crippen LogP contribution in [0, 0.1) is 0 Å². The number of likely N-dealkylation sites (N-methyl/N-ethyl adjacent to an activating group) is 2. The summed E-state index contributed by atoms with van der Waals surface area (Å²) in [5, 5.41) is 2.87. The molecule has 0 saturated heterocycles. The van der Waals surface area contributed by atoms with Crippen LogP contribution in [0.25, 0.3) is 0 Å². The largest absolute Gasteiger partial charge is 0.342 e. The number of nitrogens with one attached hydrogen (secondary N) is 1. The number of nitrogens with zero attached hydrogens (tertiary/aromatic N) is 3. The Bertz CT molecular complexity index is 685. The van der Waals surface area contributed by atoms with E-state index in [-0.39, 0.29) is 30.8 Å². The normalized spacial score (nSPS) is 12.9. The second kappa shape index (κ2) is 8.80. The molecule has 0 atom stereocenters. The molecule has 1 aromatic carbocycles. The van der Waals surface area contributed by atoms with Gasteiger partial charge in [-0.05, 0) is 51.1 Å². The number of carbonyl (C=O) groups excluding carboxylic acids is 3. The molecule has 142 valence electrons. The zero-order valence-electron chi connectivity index (χ0n) is 16.0. The van der Waals surface area contributed by atoms with E-state index in [1.54, 1.807) is 34.7 Å². The van der Waals surface area contributed by atoms with E-state index in [1.165, 1.54) is 0 Å².